The summed E-state index contributed by atoms with van der Waals surface area (Å²) in [6.45, 7) is 2.87. The number of ether oxygens (including phenoxy) is 1. The van der Waals surface area contributed by atoms with E-state index in [1.807, 2.05) is 20.2 Å². The molecular formula is C18H22N2O. The lowest BCUT2D eigenvalue weighted by molar-refractivity contribution is 0.357. The van der Waals surface area contributed by atoms with Crippen molar-refractivity contribution >= 4 is 0 Å². The normalized spacial score (nSPS) is 14.6. The summed E-state index contributed by atoms with van der Waals surface area (Å²) in [5.41, 5.74) is 5.13. The number of aryl methyl sites for hydroxylation is 2. The van der Waals surface area contributed by atoms with Gasteiger partial charge >= 0.3 is 0 Å². The van der Waals surface area contributed by atoms with Gasteiger partial charge in [-0.25, -0.2) is 0 Å². The molecule has 0 radical (unpaired) electrons. The summed E-state index contributed by atoms with van der Waals surface area (Å²) in [4.78, 5) is 4.27. The first-order valence-corrected chi connectivity index (χ1v) is 7.60. The van der Waals surface area contributed by atoms with Crippen LogP contribution in [0.4, 0.5) is 0 Å². The zero-order chi connectivity index (χ0) is 14.7. The molecule has 1 aliphatic rings. The molecule has 0 saturated carbocycles. The third-order valence-corrected chi connectivity index (χ3v) is 4.15. The van der Waals surface area contributed by atoms with Gasteiger partial charge in [-0.05, 0) is 61.7 Å². The third-order valence-electron chi connectivity index (χ3n) is 4.15. The molecule has 0 bridgehead atoms. The van der Waals surface area contributed by atoms with Crippen molar-refractivity contribution in [1.82, 2.24) is 10.3 Å². The monoisotopic (exact) mass is 282 g/mol. The number of nitrogens with one attached hydrogen (secondary N) is 1. The Labute approximate surface area is 126 Å². The van der Waals surface area contributed by atoms with Crippen molar-refractivity contribution < 1.29 is 4.74 Å². The molecule has 1 N–H and O–H groups in total. The molecule has 0 fully saturated rings. The lowest BCUT2D eigenvalue weighted by atomic mass is 9.98. The minimum absolute atomic E-state index is 0.371. The van der Waals surface area contributed by atoms with E-state index < -0.39 is 0 Å². The molecule has 1 aliphatic heterocycles. The average molecular weight is 282 g/mol. The molecule has 1 aromatic heterocycles. The van der Waals surface area contributed by atoms with Crippen LogP contribution in [0, 0.1) is 6.92 Å². The molecule has 110 valence electrons. The third kappa shape index (κ3) is 3.24. The molecule has 0 saturated heterocycles. The van der Waals surface area contributed by atoms with E-state index in [0.29, 0.717) is 6.04 Å². The molecule has 3 heteroatoms. The van der Waals surface area contributed by atoms with Crippen LogP contribution in [0.5, 0.6) is 5.75 Å². The van der Waals surface area contributed by atoms with Crippen LogP contribution in [-0.4, -0.2) is 18.6 Å². The van der Waals surface area contributed by atoms with Crippen molar-refractivity contribution in [2.75, 3.05) is 13.7 Å². The number of rotatable bonds is 5. The molecule has 0 spiro atoms. The van der Waals surface area contributed by atoms with Gasteiger partial charge in [0.2, 0.25) is 0 Å². The smallest absolute Gasteiger partial charge is 0.122 e. The van der Waals surface area contributed by atoms with Crippen molar-refractivity contribution in [1.29, 1.82) is 0 Å². The summed E-state index contributed by atoms with van der Waals surface area (Å²) in [6.07, 6.45) is 5.09. The highest BCUT2D eigenvalue weighted by molar-refractivity contribution is 5.39. The predicted molar refractivity (Wildman–Crippen MR) is 84.7 cm³/mol. The number of nitrogens with zero attached hydrogens (tertiary/aromatic N) is 1. The fourth-order valence-electron chi connectivity index (χ4n) is 2.97. The van der Waals surface area contributed by atoms with Gasteiger partial charge in [0.1, 0.15) is 5.75 Å². The lowest BCUT2D eigenvalue weighted by Gasteiger charge is -2.17. The first-order valence-electron chi connectivity index (χ1n) is 7.60. The lowest BCUT2D eigenvalue weighted by Crippen LogP contribution is -2.17. The van der Waals surface area contributed by atoms with E-state index >= 15 is 0 Å². The van der Waals surface area contributed by atoms with Gasteiger partial charge in [0, 0.05) is 24.4 Å². The predicted octanol–water partition coefficient (Wildman–Crippen LogP) is 3.22. The summed E-state index contributed by atoms with van der Waals surface area (Å²) >= 11 is 0. The van der Waals surface area contributed by atoms with Crippen LogP contribution in [0.1, 0.15) is 34.8 Å². The summed E-state index contributed by atoms with van der Waals surface area (Å²) in [5, 5.41) is 3.42. The summed E-state index contributed by atoms with van der Waals surface area (Å²) in [5.74, 6) is 1.06. The van der Waals surface area contributed by atoms with Crippen LogP contribution >= 0.6 is 0 Å². The van der Waals surface area contributed by atoms with Crippen molar-refractivity contribution in [2.45, 2.75) is 32.2 Å². The number of benzene rings is 1. The first kappa shape index (κ1) is 14.1. The number of hydrogen-bond donors (Lipinski definition) is 1. The second-order valence-corrected chi connectivity index (χ2v) is 5.65. The van der Waals surface area contributed by atoms with Crippen LogP contribution in [0.3, 0.4) is 0 Å². The zero-order valence-corrected chi connectivity index (χ0v) is 12.7. The number of fused-ring (bicyclic) bond motifs is 1. The van der Waals surface area contributed by atoms with Crippen molar-refractivity contribution in [2.24, 2.45) is 0 Å². The second-order valence-electron chi connectivity index (χ2n) is 5.65. The first-order chi connectivity index (χ1) is 10.3. The molecule has 1 unspecified atom stereocenters. The Hall–Kier alpha value is -1.87. The highest BCUT2D eigenvalue weighted by Gasteiger charge is 2.14. The average Bonchev–Trinajstić information content (AvgIpc) is 2.95. The van der Waals surface area contributed by atoms with Gasteiger partial charge < -0.3 is 10.1 Å². The molecular weight excluding hydrogens is 260 g/mol. The molecule has 0 amide bonds. The SMILES string of the molecule is CNC(CCc1ccc2c(c1)CCO2)c1ccnc(C)c1. The van der Waals surface area contributed by atoms with Gasteiger partial charge in [-0.15, -0.1) is 0 Å². The quantitative estimate of drug-likeness (QED) is 0.914. The maximum atomic E-state index is 5.56. The van der Waals surface area contributed by atoms with E-state index in [-0.39, 0.29) is 0 Å². The minimum Gasteiger partial charge on any atom is -0.493 e. The largest absolute Gasteiger partial charge is 0.493 e. The standard InChI is InChI=1S/C18H22N2O/c1-13-11-15(7-9-20-13)17(19-2)5-3-14-4-6-18-16(12-14)8-10-21-18/h4,6-7,9,11-12,17,19H,3,5,8,10H2,1-2H3. The van der Waals surface area contributed by atoms with Crippen LogP contribution in [0.25, 0.3) is 0 Å². The van der Waals surface area contributed by atoms with Gasteiger partial charge in [0.25, 0.3) is 0 Å². The van der Waals surface area contributed by atoms with Gasteiger partial charge in [-0.3, -0.25) is 4.98 Å². The molecule has 1 aromatic carbocycles. The Bertz CT molecular complexity index is 624. The maximum Gasteiger partial charge on any atom is 0.122 e. The highest BCUT2D eigenvalue weighted by atomic mass is 16.5. The molecule has 2 aromatic rings. The Kier molecular flexibility index (Phi) is 4.20. The van der Waals surface area contributed by atoms with Crippen molar-refractivity contribution in [3.8, 4) is 5.75 Å². The summed E-state index contributed by atoms with van der Waals surface area (Å²) < 4.78 is 5.56. The summed E-state index contributed by atoms with van der Waals surface area (Å²) in [7, 11) is 2.02. The van der Waals surface area contributed by atoms with E-state index in [4.69, 9.17) is 4.74 Å². The van der Waals surface area contributed by atoms with Crippen LogP contribution < -0.4 is 10.1 Å². The van der Waals surface area contributed by atoms with Gasteiger partial charge in [-0.1, -0.05) is 12.1 Å². The zero-order valence-electron chi connectivity index (χ0n) is 12.7. The molecule has 1 atom stereocenters. The van der Waals surface area contributed by atoms with E-state index in [1.54, 1.807) is 0 Å². The van der Waals surface area contributed by atoms with Crippen molar-refractivity contribution in [3.05, 3.63) is 58.9 Å². The van der Waals surface area contributed by atoms with E-state index in [9.17, 15) is 0 Å². The minimum atomic E-state index is 0.371. The van der Waals surface area contributed by atoms with E-state index in [1.165, 1.54) is 16.7 Å². The van der Waals surface area contributed by atoms with E-state index in [0.717, 1.165) is 37.3 Å². The Balaban J connectivity index is 1.68. The van der Waals surface area contributed by atoms with Gasteiger partial charge in [-0.2, -0.15) is 0 Å². The maximum absolute atomic E-state index is 5.56. The molecule has 0 aliphatic carbocycles. The van der Waals surface area contributed by atoms with Crippen LogP contribution in [-0.2, 0) is 12.8 Å². The molecule has 3 rings (SSSR count). The van der Waals surface area contributed by atoms with Gasteiger partial charge in [0.15, 0.2) is 0 Å². The molecule has 3 nitrogen and oxygen atoms in total. The Morgan fingerprint density at radius 2 is 2.19 bits per heavy atom. The number of aromatic nitrogens is 1. The molecule has 2 heterocycles. The van der Waals surface area contributed by atoms with Crippen LogP contribution in [0.2, 0.25) is 0 Å². The number of pyridine rings is 1. The van der Waals surface area contributed by atoms with Crippen molar-refractivity contribution in [3.63, 3.8) is 0 Å². The Morgan fingerprint density at radius 3 is 3.00 bits per heavy atom. The van der Waals surface area contributed by atoms with Gasteiger partial charge in [0.05, 0.1) is 6.61 Å². The number of hydrogen-bond acceptors (Lipinski definition) is 3. The summed E-state index contributed by atoms with van der Waals surface area (Å²) in [6, 6.07) is 11.2. The van der Waals surface area contributed by atoms with Crippen LogP contribution in [0.15, 0.2) is 36.5 Å². The Morgan fingerprint density at radius 1 is 1.29 bits per heavy atom. The fraction of sp³-hybridized carbons (Fsp3) is 0.389. The molecule has 21 heavy (non-hydrogen) atoms. The van der Waals surface area contributed by atoms with E-state index in [2.05, 4.69) is 40.6 Å². The topological polar surface area (TPSA) is 34.1 Å². The fourth-order valence-corrected chi connectivity index (χ4v) is 2.97. The highest BCUT2D eigenvalue weighted by Crippen LogP contribution is 2.27. The second kappa shape index (κ2) is 6.27.